The van der Waals surface area contributed by atoms with Gasteiger partial charge in [-0.05, 0) is 38.9 Å². The molecule has 0 radical (unpaired) electrons. The molecule has 20 heavy (non-hydrogen) atoms. The lowest BCUT2D eigenvalue weighted by atomic mass is 9.75. The van der Waals surface area contributed by atoms with Crippen molar-refractivity contribution in [2.75, 3.05) is 46.8 Å². The van der Waals surface area contributed by atoms with Crippen molar-refractivity contribution in [1.82, 2.24) is 15.1 Å². The topological polar surface area (TPSA) is 35.6 Å². The zero-order chi connectivity index (χ0) is 15.3. The molecule has 1 heterocycles. The molecule has 1 unspecified atom stereocenters. The molecule has 118 valence electrons. The van der Waals surface area contributed by atoms with Crippen molar-refractivity contribution in [3.05, 3.63) is 0 Å². The van der Waals surface area contributed by atoms with E-state index in [-0.39, 0.29) is 5.41 Å². The van der Waals surface area contributed by atoms with Crippen LogP contribution >= 0.6 is 0 Å². The number of nitrogens with one attached hydrogen (secondary N) is 1. The lowest BCUT2D eigenvalue weighted by molar-refractivity contribution is -0.144. The van der Waals surface area contributed by atoms with E-state index < -0.39 is 0 Å². The first-order chi connectivity index (χ1) is 9.29. The Morgan fingerprint density at radius 2 is 1.85 bits per heavy atom. The molecular formula is C16H33N3O. The Bertz CT molecular complexity index is 307. The number of hydrogen-bond donors (Lipinski definition) is 1. The first-order valence-electron chi connectivity index (χ1n) is 7.94. The average molecular weight is 283 g/mol. The number of likely N-dealkylation sites (N-methyl/N-ethyl adjacent to an activating group) is 1. The molecule has 0 aromatic carbocycles. The van der Waals surface area contributed by atoms with E-state index >= 15 is 0 Å². The first-order valence-corrected chi connectivity index (χ1v) is 7.94. The molecule has 1 N–H and O–H groups in total. The lowest BCUT2D eigenvalue weighted by Gasteiger charge is -2.38. The lowest BCUT2D eigenvalue weighted by Crippen LogP contribution is -2.50. The van der Waals surface area contributed by atoms with Gasteiger partial charge in [-0.15, -0.1) is 0 Å². The van der Waals surface area contributed by atoms with Gasteiger partial charge in [0.25, 0.3) is 0 Å². The summed E-state index contributed by atoms with van der Waals surface area (Å²) in [5.41, 5.74) is -0.193. The Hall–Kier alpha value is -0.610. The van der Waals surface area contributed by atoms with E-state index in [4.69, 9.17) is 0 Å². The van der Waals surface area contributed by atoms with Crippen LogP contribution in [0.15, 0.2) is 0 Å². The first kappa shape index (κ1) is 17.4. The van der Waals surface area contributed by atoms with Gasteiger partial charge in [0.05, 0.1) is 5.41 Å². The third-order valence-corrected chi connectivity index (χ3v) is 4.41. The van der Waals surface area contributed by atoms with Crippen LogP contribution < -0.4 is 5.32 Å². The molecule has 0 bridgehead atoms. The van der Waals surface area contributed by atoms with E-state index in [0.29, 0.717) is 17.7 Å². The second-order valence-electron chi connectivity index (χ2n) is 7.19. The molecular weight excluding hydrogens is 250 g/mol. The third kappa shape index (κ3) is 4.19. The van der Waals surface area contributed by atoms with Crippen molar-refractivity contribution in [2.24, 2.45) is 17.3 Å². The highest BCUT2D eigenvalue weighted by atomic mass is 16.2. The molecule has 0 spiro atoms. The molecule has 1 atom stereocenters. The van der Waals surface area contributed by atoms with Crippen LogP contribution in [0.1, 0.15) is 34.1 Å². The summed E-state index contributed by atoms with van der Waals surface area (Å²) in [7, 11) is 4.13. The number of amides is 1. The Morgan fingerprint density at radius 1 is 1.20 bits per heavy atom. The monoisotopic (exact) mass is 283 g/mol. The summed E-state index contributed by atoms with van der Waals surface area (Å²) in [4.78, 5) is 17.4. The van der Waals surface area contributed by atoms with Gasteiger partial charge in [-0.2, -0.15) is 0 Å². The number of carbonyl (C=O) groups excluding carboxylic acids is 1. The van der Waals surface area contributed by atoms with Crippen LogP contribution in [0, 0.1) is 17.3 Å². The summed E-state index contributed by atoms with van der Waals surface area (Å²) in [5, 5.41) is 3.39. The van der Waals surface area contributed by atoms with Crippen LogP contribution in [-0.4, -0.2) is 62.5 Å². The highest BCUT2D eigenvalue weighted by molar-refractivity contribution is 5.83. The molecule has 4 nitrogen and oxygen atoms in total. The van der Waals surface area contributed by atoms with E-state index in [9.17, 15) is 4.79 Å². The molecule has 1 aliphatic rings. The van der Waals surface area contributed by atoms with Gasteiger partial charge in [0.15, 0.2) is 0 Å². The molecule has 1 saturated heterocycles. The minimum absolute atomic E-state index is 0.193. The summed E-state index contributed by atoms with van der Waals surface area (Å²) in [6.45, 7) is 13.2. The molecule has 1 rings (SSSR count). The van der Waals surface area contributed by atoms with Gasteiger partial charge in [-0.3, -0.25) is 4.79 Å². The summed E-state index contributed by atoms with van der Waals surface area (Å²) in [5.74, 6) is 1.26. The predicted octanol–water partition coefficient (Wildman–Crippen LogP) is 1.67. The smallest absolute Gasteiger partial charge is 0.230 e. The van der Waals surface area contributed by atoms with Crippen LogP contribution in [0.2, 0.25) is 0 Å². The maximum Gasteiger partial charge on any atom is 0.230 e. The zero-order valence-electron chi connectivity index (χ0n) is 14.2. The highest BCUT2D eigenvalue weighted by Crippen LogP contribution is 2.36. The van der Waals surface area contributed by atoms with Crippen LogP contribution in [-0.2, 0) is 4.79 Å². The van der Waals surface area contributed by atoms with Crippen molar-refractivity contribution in [2.45, 2.75) is 34.1 Å². The van der Waals surface area contributed by atoms with Crippen molar-refractivity contribution in [3.8, 4) is 0 Å². The minimum atomic E-state index is -0.193. The quantitative estimate of drug-likeness (QED) is 0.772. The van der Waals surface area contributed by atoms with E-state index in [2.05, 4.69) is 56.9 Å². The molecule has 0 saturated carbocycles. The van der Waals surface area contributed by atoms with E-state index in [1.165, 1.54) is 0 Å². The second kappa shape index (κ2) is 7.41. The third-order valence-electron chi connectivity index (χ3n) is 4.41. The standard InChI is InChI=1S/C16H33N3O/c1-13(2)11-19(10-9-18(5)6)15(20)16(14(3)4)7-8-17-12-16/h13-14,17H,7-12H2,1-6H3. The maximum atomic E-state index is 13.1. The Labute approximate surface area is 124 Å². The van der Waals surface area contributed by atoms with Gasteiger partial charge >= 0.3 is 0 Å². The molecule has 0 aromatic rings. The normalized spacial score (nSPS) is 23.1. The number of hydrogen-bond acceptors (Lipinski definition) is 3. The fraction of sp³-hybridized carbons (Fsp3) is 0.938. The van der Waals surface area contributed by atoms with Crippen molar-refractivity contribution in [3.63, 3.8) is 0 Å². The predicted molar refractivity (Wildman–Crippen MR) is 84.7 cm³/mol. The largest absolute Gasteiger partial charge is 0.341 e. The average Bonchev–Trinajstić information content (AvgIpc) is 2.83. The van der Waals surface area contributed by atoms with Gasteiger partial charge in [0, 0.05) is 26.2 Å². The van der Waals surface area contributed by atoms with Crippen LogP contribution in [0.25, 0.3) is 0 Å². The highest BCUT2D eigenvalue weighted by Gasteiger charge is 2.45. The van der Waals surface area contributed by atoms with Gasteiger partial charge in [0.2, 0.25) is 5.91 Å². The molecule has 0 aliphatic carbocycles. The minimum Gasteiger partial charge on any atom is -0.341 e. The second-order valence-corrected chi connectivity index (χ2v) is 7.19. The molecule has 0 aromatic heterocycles. The summed E-state index contributed by atoms with van der Waals surface area (Å²) in [6, 6.07) is 0. The van der Waals surface area contributed by atoms with Crippen molar-refractivity contribution < 1.29 is 4.79 Å². The summed E-state index contributed by atoms with van der Waals surface area (Å²) in [6.07, 6.45) is 0.972. The fourth-order valence-electron chi connectivity index (χ4n) is 2.99. The Balaban J connectivity index is 2.84. The molecule has 1 fully saturated rings. The maximum absolute atomic E-state index is 13.1. The van der Waals surface area contributed by atoms with Crippen LogP contribution in [0.3, 0.4) is 0 Å². The van der Waals surface area contributed by atoms with Crippen molar-refractivity contribution >= 4 is 5.91 Å². The van der Waals surface area contributed by atoms with Gasteiger partial charge in [0.1, 0.15) is 0 Å². The SMILES string of the molecule is CC(C)CN(CCN(C)C)C(=O)C1(C(C)C)CCNC1. The summed E-state index contributed by atoms with van der Waals surface area (Å²) >= 11 is 0. The molecule has 1 aliphatic heterocycles. The zero-order valence-corrected chi connectivity index (χ0v) is 14.2. The van der Waals surface area contributed by atoms with E-state index in [0.717, 1.165) is 39.1 Å². The van der Waals surface area contributed by atoms with Crippen LogP contribution in [0.5, 0.6) is 0 Å². The Kier molecular flexibility index (Phi) is 6.46. The number of carbonyl (C=O) groups is 1. The Morgan fingerprint density at radius 3 is 2.25 bits per heavy atom. The van der Waals surface area contributed by atoms with E-state index in [1.807, 2.05) is 0 Å². The summed E-state index contributed by atoms with van der Waals surface area (Å²) < 4.78 is 0. The van der Waals surface area contributed by atoms with Crippen molar-refractivity contribution in [1.29, 1.82) is 0 Å². The van der Waals surface area contributed by atoms with E-state index in [1.54, 1.807) is 0 Å². The number of rotatable bonds is 7. The van der Waals surface area contributed by atoms with Gasteiger partial charge < -0.3 is 15.1 Å². The van der Waals surface area contributed by atoms with Gasteiger partial charge in [-0.1, -0.05) is 27.7 Å². The molecule has 1 amide bonds. The van der Waals surface area contributed by atoms with Crippen LogP contribution in [0.4, 0.5) is 0 Å². The fourth-order valence-corrected chi connectivity index (χ4v) is 2.99. The molecule has 4 heteroatoms. The van der Waals surface area contributed by atoms with Gasteiger partial charge in [-0.25, -0.2) is 0 Å². The number of nitrogens with zero attached hydrogens (tertiary/aromatic N) is 2.